The summed E-state index contributed by atoms with van der Waals surface area (Å²) in [6.07, 6.45) is -1.40. The second kappa shape index (κ2) is 11.8. The van der Waals surface area contributed by atoms with Crippen molar-refractivity contribution in [1.82, 2.24) is 9.21 Å². The molecule has 1 aliphatic rings. The van der Waals surface area contributed by atoms with Gasteiger partial charge in [-0.05, 0) is 44.2 Å². The van der Waals surface area contributed by atoms with Gasteiger partial charge in [-0.25, -0.2) is 13.2 Å². The average Bonchev–Trinajstić information content (AvgIpc) is 2.84. The molecule has 10 heteroatoms. The van der Waals surface area contributed by atoms with Crippen molar-refractivity contribution in [2.45, 2.75) is 43.9 Å². The van der Waals surface area contributed by atoms with Crippen LogP contribution in [0.2, 0.25) is 0 Å². The molecule has 0 saturated carbocycles. The van der Waals surface area contributed by atoms with Crippen LogP contribution in [0.3, 0.4) is 0 Å². The molecule has 0 bridgehead atoms. The highest BCUT2D eigenvalue weighted by Crippen LogP contribution is 2.34. The fourth-order valence-corrected chi connectivity index (χ4v) is 5.63. The standard InChI is InChI=1S/C26H33N3O6S/c1-18-15-29(19(2)17-30)36(33,34)25-13-12-21(11-10-20(3)31)14-23(25)35-24(18)16-28(4)26(32)27-22-8-6-5-7-9-22/h5-9,12-14,18-20,24,30-31H,15-17H2,1-4H3,(H,27,32)/t18-,19+,20-,24-/m0/s1. The lowest BCUT2D eigenvalue weighted by Gasteiger charge is -2.37. The number of benzene rings is 2. The maximum absolute atomic E-state index is 13.5. The Kier molecular flexibility index (Phi) is 8.98. The van der Waals surface area contributed by atoms with E-state index in [0.717, 1.165) is 0 Å². The van der Waals surface area contributed by atoms with Gasteiger partial charge in [0.25, 0.3) is 0 Å². The Hall–Kier alpha value is -3.10. The van der Waals surface area contributed by atoms with Gasteiger partial charge in [0.1, 0.15) is 22.9 Å². The summed E-state index contributed by atoms with van der Waals surface area (Å²) in [5.41, 5.74) is 1.13. The van der Waals surface area contributed by atoms with Crippen molar-refractivity contribution in [3.8, 4) is 17.6 Å². The van der Waals surface area contributed by atoms with Crippen LogP contribution < -0.4 is 10.1 Å². The number of aliphatic hydroxyl groups is 2. The molecule has 2 aromatic rings. The van der Waals surface area contributed by atoms with Crippen molar-refractivity contribution < 1.29 is 28.2 Å². The molecule has 0 unspecified atom stereocenters. The third-order valence-electron chi connectivity index (χ3n) is 5.92. The van der Waals surface area contributed by atoms with Crippen LogP contribution in [-0.2, 0) is 10.0 Å². The number of fused-ring (bicyclic) bond motifs is 1. The van der Waals surface area contributed by atoms with Gasteiger partial charge in [-0.1, -0.05) is 37.0 Å². The van der Waals surface area contributed by atoms with Crippen LogP contribution >= 0.6 is 0 Å². The van der Waals surface area contributed by atoms with E-state index < -0.39 is 28.3 Å². The Balaban J connectivity index is 1.96. The second-order valence-electron chi connectivity index (χ2n) is 9.02. The molecular weight excluding hydrogens is 482 g/mol. The van der Waals surface area contributed by atoms with Crippen LogP contribution in [0.1, 0.15) is 26.3 Å². The number of ether oxygens (including phenoxy) is 1. The normalized spacial score (nSPS) is 20.8. The topological polar surface area (TPSA) is 119 Å². The summed E-state index contributed by atoms with van der Waals surface area (Å²) in [5.74, 6) is 5.24. The molecule has 4 atom stereocenters. The lowest BCUT2D eigenvalue weighted by molar-refractivity contribution is 0.0830. The van der Waals surface area contributed by atoms with E-state index in [1.165, 1.54) is 28.3 Å². The van der Waals surface area contributed by atoms with E-state index in [9.17, 15) is 23.4 Å². The van der Waals surface area contributed by atoms with Crippen molar-refractivity contribution in [1.29, 1.82) is 0 Å². The lowest BCUT2D eigenvalue weighted by atomic mass is 10.0. The molecular formula is C26H33N3O6S. The van der Waals surface area contributed by atoms with Crippen molar-refractivity contribution in [3.05, 3.63) is 54.1 Å². The van der Waals surface area contributed by atoms with Crippen LogP contribution in [-0.4, -0.2) is 78.9 Å². The highest BCUT2D eigenvalue weighted by atomic mass is 32.2. The summed E-state index contributed by atoms with van der Waals surface area (Å²) < 4.78 is 34.6. The first-order valence-corrected chi connectivity index (χ1v) is 13.2. The maximum atomic E-state index is 13.5. The van der Waals surface area contributed by atoms with Gasteiger partial charge in [-0.2, -0.15) is 4.31 Å². The first-order chi connectivity index (χ1) is 17.0. The molecule has 2 aromatic carbocycles. The number of para-hydroxylation sites is 1. The molecule has 0 aromatic heterocycles. The average molecular weight is 516 g/mol. The Bertz CT molecular complexity index is 1220. The Morgan fingerprint density at radius 2 is 1.94 bits per heavy atom. The van der Waals surface area contributed by atoms with Gasteiger partial charge in [-0.15, -0.1) is 0 Å². The van der Waals surface area contributed by atoms with Gasteiger partial charge in [0, 0.05) is 36.8 Å². The highest BCUT2D eigenvalue weighted by molar-refractivity contribution is 7.89. The zero-order valence-electron chi connectivity index (χ0n) is 20.9. The smallest absolute Gasteiger partial charge is 0.321 e. The van der Waals surface area contributed by atoms with Gasteiger partial charge in [0.2, 0.25) is 10.0 Å². The minimum absolute atomic E-state index is 0.0429. The minimum Gasteiger partial charge on any atom is -0.487 e. The summed E-state index contributed by atoms with van der Waals surface area (Å²) in [6.45, 7) is 4.97. The van der Waals surface area contributed by atoms with Gasteiger partial charge >= 0.3 is 6.03 Å². The first kappa shape index (κ1) is 27.5. The number of anilines is 1. The number of urea groups is 1. The maximum Gasteiger partial charge on any atom is 0.321 e. The van der Waals surface area contributed by atoms with Gasteiger partial charge in [-0.3, -0.25) is 0 Å². The molecule has 0 spiro atoms. The third kappa shape index (κ3) is 6.56. The number of rotatable bonds is 5. The molecule has 3 N–H and O–H groups in total. The lowest BCUT2D eigenvalue weighted by Crippen LogP contribution is -2.50. The van der Waals surface area contributed by atoms with Crippen molar-refractivity contribution >= 4 is 21.7 Å². The zero-order chi connectivity index (χ0) is 26.5. The third-order valence-corrected chi connectivity index (χ3v) is 7.94. The number of likely N-dealkylation sites (N-methyl/N-ethyl adjacent to an activating group) is 1. The second-order valence-corrected chi connectivity index (χ2v) is 10.9. The highest BCUT2D eigenvalue weighted by Gasteiger charge is 2.38. The fraction of sp³-hybridized carbons (Fsp3) is 0.423. The number of nitrogens with one attached hydrogen (secondary N) is 1. The predicted molar refractivity (Wildman–Crippen MR) is 137 cm³/mol. The number of hydrogen-bond donors (Lipinski definition) is 3. The monoisotopic (exact) mass is 515 g/mol. The molecule has 0 radical (unpaired) electrons. The van der Waals surface area contributed by atoms with E-state index in [1.54, 1.807) is 32.2 Å². The van der Waals surface area contributed by atoms with Crippen LogP contribution in [0.25, 0.3) is 0 Å². The summed E-state index contributed by atoms with van der Waals surface area (Å²) in [5, 5.41) is 22.1. The van der Waals surface area contributed by atoms with Crippen LogP contribution in [0.5, 0.6) is 5.75 Å². The SMILES string of the molecule is C[C@H](O)C#Cc1ccc2c(c1)O[C@@H](CN(C)C(=O)Nc1ccccc1)[C@@H](C)CN([C@H](C)CO)S2(=O)=O. The summed E-state index contributed by atoms with van der Waals surface area (Å²) in [6, 6.07) is 12.6. The fourth-order valence-electron chi connectivity index (χ4n) is 3.80. The van der Waals surface area contributed by atoms with E-state index in [0.29, 0.717) is 11.3 Å². The number of hydrogen-bond acceptors (Lipinski definition) is 6. The van der Waals surface area contributed by atoms with Crippen molar-refractivity contribution in [2.75, 3.05) is 32.1 Å². The first-order valence-electron chi connectivity index (χ1n) is 11.7. The van der Waals surface area contributed by atoms with Crippen molar-refractivity contribution in [3.63, 3.8) is 0 Å². The van der Waals surface area contributed by atoms with Crippen LogP contribution in [0.4, 0.5) is 10.5 Å². The van der Waals surface area contributed by atoms with Crippen molar-refractivity contribution in [2.24, 2.45) is 5.92 Å². The minimum atomic E-state index is -3.99. The molecule has 0 fully saturated rings. The molecule has 36 heavy (non-hydrogen) atoms. The molecule has 9 nitrogen and oxygen atoms in total. The predicted octanol–water partition coefficient (Wildman–Crippen LogP) is 2.35. The molecule has 1 aliphatic heterocycles. The van der Waals surface area contributed by atoms with Crippen LogP contribution in [0, 0.1) is 17.8 Å². The number of aliphatic hydroxyl groups excluding tert-OH is 2. The van der Waals surface area contributed by atoms with Gasteiger partial charge < -0.3 is 25.2 Å². The van der Waals surface area contributed by atoms with Gasteiger partial charge in [0.15, 0.2) is 0 Å². The zero-order valence-corrected chi connectivity index (χ0v) is 21.7. The van der Waals surface area contributed by atoms with E-state index in [4.69, 9.17) is 4.74 Å². The number of carbonyl (C=O) groups is 1. The Morgan fingerprint density at radius 1 is 1.25 bits per heavy atom. The number of nitrogens with zero attached hydrogens (tertiary/aromatic N) is 2. The Labute approximate surface area is 212 Å². The molecule has 2 amide bonds. The number of carbonyl (C=O) groups excluding carboxylic acids is 1. The van der Waals surface area contributed by atoms with Crippen LogP contribution in [0.15, 0.2) is 53.4 Å². The van der Waals surface area contributed by atoms with Gasteiger partial charge in [0.05, 0.1) is 13.2 Å². The molecule has 3 rings (SSSR count). The van der Waals surface area contributed by atoms with E-state index in [2.05, 4.69) is 17.2 Å². The largest absolute Gasteiger partial charge is 0.487 e. The summed E-state index contributed by atoms with van der Waals surface area (Å²) >= 11 is 0. The molecule has 0 aliphatic carbocycles. The van der Waals surface area contributed by atoms with E-state index >= 15 is 0 Å². The summed E-state index contributed by atoms with van der Waals surface area (Å²) in [7, 11) is -2.34. The number of amides is 2. The molecule has 194 valence electrons. The number of sulfonamides is 1. The molecule has 0 saturated heterocycles. The van der Waals surface area contributed by atoms with E-state index in [-0.39, 0.29) is 42.3 Å². The quantitative estimate of drug-likeness (QED) is 0.526. The van der Waals surface area contributed by atoms with E-state index in [1.807, 2.05) is 25.1 Å². The molecule has 1 heterocycles. The summed E-state index contributed by atoms with van der Waals surface area (Å²) in [4.78, 5) is 14.2. The Morgan fingerprint density at radius 3 is 2.58 bits per heavy atom.